The summed E-state index contributed by atoms with van der Waals surface area (Å²) in [5.41, 5.74) is 0. The second kappa shape index (κ2) is 28.2. The van der Waals surface area contributed by atoms with Gasteiger partial charge in [-0.15, -0.1) is 0 Å². The van der Waals surface area contributed by atoms with Gasteiger partial charge in [-0.3, -0.25) is 19.6 Å². The summed E-state index contributed by atoms with van der Waals surface area (Å²) < 4.78 is 21.1. The topological polar surface area (TPSA) is 250 Å². The molecule has 4 fully saturated rings. The first-order valence-electron chi connectivity index (χ1n) is 23.3. The molecule has 0 aliphatic carbocycles. The maximum absolute atomic E-state index is 13.7. The number of ether oxygens (including phenoxy) is 4. The van der Waals surface area contributed by atoms with E-state index >= 15 is 0 Å². The lowest BCUT2D eigenvalue weighted by atomic mass is 10.2. The molecule has 7 N–H and O–H groups in total. The Morgan fingerprint density at radius 2 is 0.984 bits per heavy atom. The highest BCUT2D eigenvalue weighted by atomic mass is 16.6. The fourth-order valence-corrected chi connectivity index (χ4v) is 7.20. The average Bonchev–Trinajstić information content (AvgIpc) is 4.21. The van der Waals surface area contributed by atoms with Crippen LogP contribution in [0.5, 0.6) is 0 Å². The Hall–Kier alpha value is -3.73. The summed E-state index contributed by atoms with van der Waals surface area (Å²) in [4.78, 5) is 63.3. The number of aliphatic imine (C=N–C) groups is 1. The van der Waals surface area contributed by atoms with Gasteiger partial charge in [0.05, 0.1) is 0 Å². The molecule has 0 aromatic heterocycles. The molecule has 0 bridgehead atoms. The van der Waals surface area contributed by atoms with Crippen LogP contribution in [0.4, 0.5) is 19.2 Å². The van der Waals surface area contributed by atoms with Crippen molar-refractivity contribution in [1.82, 2.24) is 40.4 Å². The zero-order chi connectivity index (χ0) is 45.6. The quantitative estimate of drug-likeness (QED) is 0.0280. The summed E-state index contributed by atoms with van der Waals surface area (Å²) in [5.74, 6) is 0. The highest BCUT2D eigenvalue weighted by Gasteiger charge is 2.38. The summed E-state index contributed by atoms with van der Waals surface area (Å²) in [6.45, 7) is 12.6. The Morgan fingerprint density at radius 3 is 1.38 bits per heavy atom. The number of amides is 5. The number of unbranched alkanes of at least 4 members (excludes halogenated alkanes) is 9. The molecule has 0 radical (unpaired) electrons. The Balaban J connectivity index is 1.11. The molecule has 362 valence electrons. The van der Waals surface area contributed by atoms with E-state index in [4.69, 9.17) is 18.9 Å². The standard InChI is InChI=1S/C42H77N9O12/c1-31-22-47(31)25-34(52)28-60-38(55)44-17-11-5-4-10-16-43-37-50(20-14-8-6-12-18-45-39(56)61-29-35(53)26-48-23-32(48)2)41(58)51(42(59)63-37)21-15-9-7-13-19-46-40(57)62-30-36(54)27-49-24-33(49)3/h31-36,42,52-54,59H,4-30H2,1-3H3,(H,44,55)(H,45,56)(H,46,57). The van der Waals surface area contributed by atoms with Crippen molar-refractivity contribution in [2.75, 3.05) is 98.4 Å². The Bertz CT molecular complexity index is 1420. The van der Waals surface area contributed by atoms with Crippen LogP contribution in [-0.4, -0.2) is 216 Å². The molecule has 0 saturated carbocycles. The third-order valence-corrected chi connectivity index (χ3v) is 11.5. The second-order valence-electron chi connectivity index (χ2n) is 17.4. The number of urea groups is 1. The predicted octanol–water partition coefficient (Wildman–Crippen LogP) is 1.43. The lowest BCUT2D eigenvalue weighted by molar-refractivity contribution is -0.146. The van der Waals surface area contributed by atoms with Gasteiger partial charge in [-0.1, -0.05) is 38.5 Å². The average molecular weight is 900 g/mol. The maximum atomic E-state index is 13.7. The number of carbonyl (C=O) groups is 4. The molecule has 4 aliphatic heterocycles. The molecule has 0 aromatic rings. The van der Waals surface area contributed by atoms with Gasteiger partial charge in [0.2, 0.25) is 0 Å². The first kappa shape index (κ1) is 51.9. The summed E-state index contributed by atoms with van der Waals surface area (Å²) in [6, 6.07) is 1.08. The summed E-state index contributed by atoms with van der Waals surface area (Å²) in [7, 11) is 0. The van der Waals surface area contributed by atoms with Crippen molar-refractivity contribution in [2.24, 2.45) is 4.99 Å². The largest absolute Gasteiger partial charge is 0.447 e. The van der Waals surface area contributed by atoms with Crippen LogP contribution in [0.25, 0.3) is 0 Å². The molecule has 21 heteroatoms. The predicted molar refractivity (Wildman–Crippen MR) is 233 cm³/mol. The lowest BCUT2D eigenvalue weighted by Crippen LogP contribution is -2.58. The zero-order valence-corrected chi connectivity index (χ0v) is 37.9. The molecule has 0 spiro atoms. The molecule has 0 aromatic carbocycles. The summed E-state index contributed by atoms with van der Waals surface area (Å²) in [6.07, 6.45) is 3.51. The van der Waals surface area contributed by atoms with E-state index in [2.05, 4.69) is 56.4 Å². The number of rotatable bonds is 33. The molecule has 4 saturated heterocycles. The summed E-state index contributed by atoms with van der Waals surface area (Å²) >= 11 is 0. The van der Waals surface area contributed by atoms with E-state index in [-0.39, 0.29) is 32.4 Å². The first-order chi connectivity index (χ1) is 30.3. The number of nitrogens with zero attached hydrogens (tertiary/aromatic N) is 6. The number of hydrogen-bond donors (Lipinski definition) is 7. The normalized spacial score (nSPS) is 25.7. The van der Waals surface area contributed by atoms with Gasteiger partial charge in [-0.2, -0.15) is 0 Å². The van der Waals surface area contributed by atoms with Crippen LogP contribution < -0.4 is 16.0 Å². The van der Waals surface area contributed by atoms with E-state index in [1.807, 2.05) is 0 Å². The molecule has 21 nitrogen and oxygen atoms in total. The Kier molecular flexibility index (Phi) is 23.3. The second-order valence-corrected chi connectivity index (χ2v) is 17.4. The van der Waals surface area contributed by atoms with Crippen molar-refractivity contribution in [3.8, 4) is 0 Å². The number of nitrogens with one attached hydrogen (secondary N) is 3. The lowest BCUT2D eigenvalue weighted by Gasteiger charge is -2.39. The molecule has 4 rings (SSSR count). The van der Waals surface area contributed by atoms with Gasteiger partial charge in [0.15, 0.2) is 0 Å². The number of β-amino-alcohol motifs (C(OH)–C–C–N with tert-alkyl or cyclic N) is 3. The van der Waals surface area contributed by atoms with Crippen LogP contribution in [-0.2, 0) is 18.9 Å². The SMILES string of the molecule is CC1CN1CC(O)COC(=O)NCCCCCCN=C1OC(O)N(CCCCCCNC(=O)OCC(O)CN2CC2C)C(=O)N1CCCCCCNC(=O)OCC(O)CN1CC1C. The summed E-state index contributed by atoms with van der Waals surface area (Å²) in [5, 5.41) is 49.0. The van der Waals surface area contributed by atoms with Crippen LogP contribution in [0.2, 0.25) is 0 Å². The molecule has 10 unspecified atom stereocenters. The van der Waals surface area contributed by atoms with Gasteiger partial charge in [0.1, 0.15) is 38.1 Å². The smallest absolute Gasteiger partial charge is 0.407 e. The number of aliphatic hydroxyl groups excluding tert-OH is 4. The third-order valence-electron chi connectivity index (χ3n) is 11.5. The highest BCUT2D eigenvalue weighted by molar-refractivity contribution is 5.95. The van der Waals surface area contributed by atoms with Crippen LogP contribution in [0.15, 0.2) is 4.99 Å². The van der Waals surface area contributed by atoms with Crippen LogP contribution in [0.1, 0.15) is 97.8 Å². The molecule has 4 aliphatic rings. The van der Waals surface area contributed by atoms with Gasteiger partial charge in [-0.05, 0) is 59.3 Å². The number of alkyl carbamates (subject to hydrolysis) is 3. The number of carbonyl (C=O) groups excluding carboxylic acids is 4. The van der Waals surface area contributed by atoms with Crippen molar-refractivity contribution in [2.45, 2.75) is 141 Å². The number of aliphatic hydroxyl groups is 4. The fraction of sp³-hybridized carbons (Fsp3) is 0.881. The number of hydrogen-bond acceptors (Lipinski definition) is 16. The minimum atomic E-state index is -1.48. The maximum Gasteiger partial charge on any atom is 0.407 e. The van der Waals surface area contributed by atoms with Gasteiger partial charge >= 0.3 is 24.3 Å². The van der Waals surface area contributed by atoms with Crippen LogP contribution >= 0.6 is 0 Å². The van der Waals surface area contributed by atoms with Crippen molar-refractivity contribution in [1.29, 1.82) is 0 Å². The van der Waals surface area contributed by atoms with E-state index in [9.17, 15) is 39.6 Å². The van der Waals surface area contributed by atoms with E-state index in [1.54, 1.807) is 0 Å². The van der Waals surface area contributed by atoms with E-state index in [0.717, 1.165) is 64.6 Å². The Labute approximate surface area is 372 Å². The first-order valence-corrected chi connectivity index (χ1v) is 23.3. The molecule has 4 heterocycles. The minimum absolute atomic E-state index is 0.0453. The molecule has 5 amide bonds. The van der Waals surface area contributed by atoms with E-state index in [0.29, 0.717) is 103 Å². The number of amidine groups is 1. The van der Waals surface area contributed by atoms with Crippen LogP contribution in [0.3, 0.4) is 0 Å². The highest BCUT2D eigenvalue weighted by Crippen LogP contribution is 2.20. The molecule has 63 heavy (non-hydrogen) atoms. The molecule has 10 atom stereocenters. The van der Waals surface area contributed by atoms with E-state index < -0.39 is 49.0 Å². The van der Waals surface area contributed by atoms with Gasteiger partial charge in [0, 0.05) is 96.7 Å². The monoisotopic (exact) mass is 900 g/mol. The fourth-order valence-electron chi connectivity index (χ4n) is 7.20. The minimum Gasteiger partial charge on any atom is -0.447 e. The van der Waals surface area contributed by atoms with Crippen molar-refractivity contribution >= 4 is 30.3 Å². The van der Waals surface area contributed by atoms with Crippen LogP contribution in [0, 0.1) is 0 Å². The zero-order valence-electron chi connectivity index (χ0n) is 37.9. The van der Waals surface area contributed by atoms with Gasteiger partial charge in [0.25, 0.3) is 12.4 Å². The Morgan fingerprint density at radius 1 is 0.619 bits per heavy atom. The van der Waals surface area contributed by atoms with Gasteiger partial charge in [-0.25, -0.2) is 29.1 Å². The van der Waals surface area contributed by atoms with Gasteiger partial charge < -0.3 is 55.3 Å². The molecular formula is C42H77N9O12. The van der Waals surface area contributed by atoms with Crippen molar-refractivity contribution < 1.29 is 58.6 Å². The third kappa shape index (κ3) is 21.7. The van der Waals surface area contributed by atoms with Crippen molar-refractivity contribution in [3.63, 3.8) is 0 Å². The molecular weight excluding hydrogens is 823 g/mol. The van der Waals surface area contributed by atoms with Crippen molar-refractivity contribution in [3.05, 3.63) is 0 Å². The van der Waals surface area contributed by atoms with E-state index in [1.165, 1.54) is 9.80 Å².